The van der Waals surface area contributed by atoms with Gasteiger partial charge < -0.3 is 19.5 Å². The van der Waals surface area contributed by atoms with E-state index in [1.54, 1.807) is 32.0 Å². The molecule has 1 aromatic rings. The fourth-order valence-electron chi connectivity index (χ4n) is 1.84. The SMILES string of the molecule is CC(OCC(F)(F)F)C(=O)Nc1ccc2c(c1)OC(C)(C)O2. The molecule has 1 aromatic carbocycles. The van der Waals surface area contributed by atoms with Crippen LogP contribution in [0.5, 0.6) is 11.5 Å². The van der Waals surface area contributed by atoms with Gasteiger partial charge in [0.25, 0.3) is 5.91 Å². The van der Waals surface area contributed by atoms with Crippen LogP contribution in [0.1, 0.15) is 20.8 Å². The molecular weight excluding hydrogens is 303 g/mol. The first-order chi connectivity index (χ1) is 10.1. The Morgan fingerprint density at radius 2 is 1.95 bits per heavy atom. The van der Waals surface area contributed by atoms with Gasteiger partial charge in [-0.2, -0.15) is 13.2 Å². The summed E-state index contributed by atoms with van der Waals surface area (Å²) in [5.41, 5.74) is 0.382. The Morgan fingerprint density at radius 1 is 1.32 bits per heavy atom. The van der Waals surface area contributed by atoms with E-state index < -0.39 is 30.6 Å². The standard InChI is InChI=1S/C14H16F3NO4/c1-8(20-7-14(15,16)17)12(19)18-9-4-5-10-11(6-9)22-13(2,3)21-10/h4-6,8H,7H2,1-3H3,(H,18,19). The summed E-state index contributed by atoms with van der Waals surface area (Å²) in [6.45, 7) is 3.24. The molecule has 1 amide bonds. The molecule has 1 atom stereocenters. The molecule has 8 heteroatoms. The number of amides is 1. The third-order valence-electron chi connectivity index (χ3n) is 2.79. The van der Waals surface area contributed by atoms with Crippen LogP contribution < -0.4 is 14.8 Å². The maximum absolute atomic E-state index is 12.0. The predicted molar refractivity (Wildman–Crippen MR) is 71.9 cm³/mol. The molecule has 0 saturated carbocycles. The Bertz CT molecular complexity index is 572. The van der Waals surface area contributed by atoms with Gasteiger partial charge in [0.2, 0.25) is 5.79 Å². The fraction of sp³-hybridized carbons (Fsp3) is 0.500. The van der Waals surface area contributed by atoms with E-state index >= 15 is 0 Å². The number of carbonyl (C=O) groups excluding carboxylic acids is 1. The zero-order valence-corrected chi connectivity index (χ0v) is 12.3. The van der Waals surface area contributed by atoms with Crippen LogP contribution in [0.3, 0.4) is 0 Å². The Morgan fingerprint density at radius 3 is 2.59 bits per heavy atom. The van der Waals surface area contributed by atoms with Crippen LogP contribution in [0.4, 0.5) is 18.9 Å². The van der Waals surface area contributed by atoms with Crippen LogP contribution in [0.25, 0.3) is 0 Å². The zero-order valence-electron chi connectivity index (χ0n) is 12.3. The van der Waals surface area contributed by atoms with Gasteiger partial charge in [0, 0.05) is 25.6 Å². The number of nitrogens with one attached hydrogen (secondary N) is 1. The summed E-state index contributed by atoms with van der Waals surface area (Å²) in [4.78, 5) is 11.8. The highest BCUT2D eigenvalue weighted by Gasteiger charge is 2.32. The average molecular weight is 319 g/mol. The molecule has 1 unspecified atom stereocenters. The molecule has 1 aliphatic heterocycles. The van der Waals surface area contributed by atoms with Gasteiger partial charge in [0.15, 0.2) is 11.5 Å². The van der Waals surface area contributed by atoms with Crippen molar-refractivity contribution in [2.75, 3.05) is 11.9 Å². The number of fused-ring (bicyclic) bond motifs is 1. The fourth-order valence-corrected chi connectivity index (χ4v) is 1.84. The first-order valence-corrected chi connectivity index (χ1v) is 6.57. The second kappa shape index (κ2) is 5.68. The largest absolute Gasteiger partial charge is 0.449 e. The maximum atomic E-state index is 12.0. The van der Waals surface area contributed by atoms with Crippen molar-refractivity contribution < 1.29 is 32.2 Å². The van der Waals surface area contributed by atoms with E-state index in [4.69, 9.17) is 9.47 Å². The third-order valence-corrected chi connectivity index (χ3v) is 2.79. The van der Waals surface area contributed by atoms with Crippen LogP contribution in [0.2, 0.25) is 0 Å². The van der Waals surface area contributed by atoms with Gasteiger partial charge in [-0.15, -0.1) is 0 Å². The molecule has 5 nitrogen and oxygen atoms in total. The van der Waals surface area contributed by atoms with Crippen molar-refractivity contribution in [3.05, 3.63) is 18.2 Å². The summed E-state index contributed by atoms with van der Waals surface area (Å²) in [5, 5.41) is 2.47. The van der Waals surface area contributed by atoms with Gasteiger partial charge in [-0.3, -0.25) is 4.79 Å². The van der Waals surface area contributed by atoms with Gasteiger partial charge in [-0.25, -0.2) is 0 Å². The number of ether oxygens (including phenoxy) is 3. The Kier molecular flexibility index (Phi) is 4.23. The lowest BCUT2D eigenvalue weighted by Crippen LogP contribution is -2.31. The molecule has 1 N–H and O–H groups in total. The van der Waals surface area contributed by atoms with Gasteiger partial charge >= 0.3 is 6.18 Å². The molecular formula is C14H16F3NO4. The zero-order chi connectivity index (χ0) is 16.5. The highest BCUT2D eigenvalue weighted by Crippen LogP contribution is 2.40. The van der Waals surface area contributed by atoms with Crippen molar-refractivity contribution in [1.82, 2.24) is 0 Å². The third kappa shape index (κ3) is 4.27. The van der Waals surface area contributed by atoms with Gasteiger partial charge in [0.1, 0.15) is 12.7 Å². The quantitative estimate of drug-likeness (QED) is 0.926. The van der Waals surface area contributed by atoms with E-state index in [-0.39, 0.29) is 0 Å². The molecule has 0 radical (unpaired) electrons. The van der Waals surface area contributed by atoms with Crippen LogP contribution in [0, 0.1) is 0 Å². The molecule has 22 heavy (non-hydrogen) atoms. The molecule has 122 valence electrons. The Labute approximate surface area is 125 Å². The van der Waals surface area contributed by atoms with E-state index in [1.165, 1.54) is 6.92 Å². The summed E-state index contributed by atoms with van der Waals surface area (Å²) in [6.07, 6.45) is -5.71. The number of benzene rings is 1. The van der Waals surface area contributed by atoms with Crippen molar-refractivity contribution in [3.63, 3.8) is 0 Å². The topological polar surface area (TPSA) is 56.8 Å². The monoisotopic (exact) mass is 319 g/mol. The minimum absolute atomic E-state index is 0.382. The second-order valence-electron chi connectivity index (χ2n) is 5.32. The predicted octanol–water partition coefficient (Wildman–Crippen LogP) is 3.10. The van der Waals surface area contributed by atoms with E-state index in [1.807, 2.05) is 0 Å². The van der Waals surface area contributed by atoms with Crippen molar-refractivity contribution >= 4 is 11.6 Å². The van der Waals surface area contributed by atoms with E-state index in [0.29, 0.717) is 17.2 Å². The lowest BCUT2D eigenvalue weighted by molar-refractivity contribution is -0.184. The van der Waals surface area contributed by atoms with E-state index in [0.717, 1.165) is 0 Å². The first-order valence-electron chi connectivity index (χ1n) is 6.57. The first kappa shape index (κ1) is 16.4. The Hall–Kier alpha value is -1.96. The lowest BCUT2D eigenvalue weighted by Gasteiger charge is -2.16. The molecule has 2 rings (SSSR count). The van der Waals surface area contributed by atoms with Crippen LogP contribution in [-0.4, -0.2) is 30.6 Å². The molecule has 0 saturated heterocycles. The van der Waals surface area contributed by atoms with Crippen LogP contribution >= 0.6 is 0 Å². The highest BCUT2D eigenvalue weighted by atomic mass is 19.4. The molecule has 0 fully saturated rings. The smallest absolute Gasteiger partial charge is 0.411 e. The summed E-state index contributed by atoms with van der Waals surface area (Å²) < 4.78 is 51.6. The van der Waals surface area contributed by atoms with Crippen LogP contribution in [-0.2, 0) is 9.53 Å². The molecule has 1 aliphatic rings. The van der Waals surface area contributed by atoms with Crippen molar-refractivity contribution in [2.45, 2.75) is 38.8 Å². The summed E-state index contributed by atoms with van der Waals surface area (Å²) in [7, 11) is 0. The van der Waals surface area contributed by atoms with E-state index in [9.17, 15) is 18.0 Å². The lowest BCUT2D eigenvalue weighted by atomic mass is 10.2. The number of alkyl halides is 3. The van der Waals surface area contributed by atoms with E-state index in [2.05, 4.69) is 10.1 Å². The van der Waals surface area contributed by atoms with Crippen LogP contribution in [0.15, 0.2) is 18.2 Å². The maximum Gasteiger partial charge on any atom is 0.411 e. The van der Waals surface area contributed by atoms with Gasteiger partial charge in [0.05, 0.1) is 0 Å². The van der Waals surface area contributed by atoms with Crippen molar-refractivity contribution in [1.29, 1.82) is 0 Å². The number of hydrogen-bond acceptors (Lipinski definition) is 4. The summed E-state index contributed by atoms with van der Waals surface area (Å²) >= 11 is 0. The van der Waals surface area contributed by atoms with Gasteiger partial charge in [-0.1, -0.05) is 0 Å². The highest BCUT2D eigenvalue weighted by molar-refractivity contribution is 5.94. The minimum Gasteiger partial charge on any atom is -0.449 e. The minimum atomic E-state index is -4.47. The summed E-state index contributed by atoms with van der Waals surface area (Å²) in [5.74, 6) is -0.493. The molecule has 0 spiro atoms. The number of hydrogen-bond donors (Lipinski definition) is 1. The van der Waals surface area contributed by atoms with Crippen molar-refractivity contribution in [3.8, 4) is 11.5 Å². The number of carbonyl (C=O) groups is 1. The Balaban J connectivity index is 1.96. The molecule has 0 aromatic heterocycles. The molecule has 0 bridgehead atoms. The number of anilines is 1. The second-order valence-corrected chi connectivity index (χ2v) is 5.32. The average Bonchev–Trinajstić information content (AvgIpc) is 2.68. The molecule has 0 aliphatic carbocycles. The van der Waals surface area contributed by atoms with Gasteiger partial charge in [-0.05, 0) is 19.1 Å². The number of rotatable bonds is 4. The number of halogens is 3. The summed E-state index contributed by atoms with van der Waals surface area (Å²) in [6, 6.07) is 4.72. The van der Waals surface area contributed by atoms with Crippen molar-refractivity contribution in [2.24, 2.45) is 0 Å². The normalized spacial score (nSPS) is 17.2. The molecule has 1 heterocycles.